The molecule has 1 atom stereocenters. The van der Waals surface area contributed by atoms with Gasteiger partial charge in [-0.1, -0.05) is 35.9 Å². The van der Waals surface area contributed by atoms with Gasteiger partial charge in [-0.15, -0.1) is 0 Å². The van der Waals surface area contributed by atoms with Crippen molar-refractivity contribution in [2.45, 2.75) is 31.9 Å². The van der Waals surface area contributed by atoms with Gasteiger partial charge >= 0.3 is 0 Å². The van der Waals surface area contributed by atoms with Crippen LogP contribution in [0.2, 0.25) is 5.02 Å². The van der Waals surface area contributed by atoms with Crippen LogP contribution in [-0.4, -0.2) is 12.6 Å². The van der Waals surface area contributed by atoms with Crippen molar-refractivity contribution in [1.82, 2.24) is 5.32 Å². The fourth-order valence-corrected chi connectivity index (χ4v) is 3.12. The van der Waals surface area contributed by atoms with Gasteiger partial charge in [-0.25, -0.2) is 0 Å². The lowest BCUT2D eigenvalue weighted by atomic mass is 9.94. The van der Waals surface area contributed by atoms with Crippen LogP contribution in [0.4, 0.5) is 0 Å². The third-order valence-corrected chi connectivity index (χ3v) is 4.16. The van der Waals surface area contributed by atoms with Gasteiger partial charge in [-0.3, -0.25) is 0 Å². The lowest BCUT2D eigenvalue weighted by molar-refractivity contribution is 0.138. The first kappa shape index (κ1) is 14.4. The van der Waals surface area contributed by atoms with Gasteiger partial charge in [0.2, 0.25) is 0 Å². The van der Waals surface area contributed by atoms with E-state index in [9.17, 15) is 0 Å². The minimum atomic E-state index is -0.101. The van der Waals surface area contributed by atoms with E-state index < -0.39 is 0 Å². The van der Waals surface area contributed by atoms with E-state index in [0.29, 0.717) is 0 Å². The maximum Gasteiger partial charge on any atom is 0.123 e. The average Bonchev–Trinajstić information content (AvgIpc) is 2.75. The summed E-state index contributed by atoms with van der Waals surface area (Å²) in [6.07, 6.45) is 0.952. The van der Waals surface area contributed by atoms with E-state index >= 15 is 0 Å². The molecule has 0 saturated heterocycles. The molecule has 21 heavy (non-hydrogen) atoms. The number of nitrogens with one attached hydrogen (secondary N) is 1. The molecule has 1 aliphatic heterocycles. The number of hydrogen-bond donors (Lipinski definition) is 1. The van der Waals surface area contributed by atoms with E-state index in [4.69, 9.17) is 16.3 Å². The van der Waals surface area contributed by atoms with Gasteiger partial charge in [0.1, 0.15) is 11.4 Å². The summed E-state index contributed by atoms with van der Waals surface area (Å²) in [7, 11) is 1.98. The van der Waals surface area contributed by atoms with Crippen molar-refractivity contribution < 1.29 is 4.74 Å². The van der Waals surface area contributed by atoms with Crippen molar-refractivity contribution in [2.24, 2.45) is 0 Å². The molecule has 1 heterocycles. The predicted molar refractivity (Wildman–Crippen MR) is 87.2 cm³/mol. The number of halogens is 1. The Balaban J connectivity index is 1.94. The maximum atomic E-state index is 5.98. The topological polar surface area (TPSA) is 21.3 Å². The Hall–Kier alpha value is -1.51. The third kappa shape index (κ3) is 2.92. The Bertz CT molecular complexity index is 649. The predicted octanol–water partition coefficient (Wildman–Crippen LogP) is 4.36. The Morgan fingerprint density at radius 3 is 2.43 bits per heavy atom. The smallest absolute Gasteiger partial charge is 0.123 e. The van der Waals surface area contributed by atoms with E-state index in [-0.39, 0.29) is 11.6 Å². The van der Waals surface area contributed by atoms with Gasteiger partial charge in [0, 0.05) is 11.4 Å². The second-order valence-corrected chi connectivity index (χ2v) is 6.62. The van der Waals surface area contributed by atoms with Crippen LogP contribution in [0.25, 0.3) is 0 Å². The molecule has 3 heteroatoms. The normalized spacial score (nSPS) is 17.1. The zero-order chi connectivity index (χ0) is 15.0. The largest absolute Gasteiger partial charge is 0.487 e. The highest BCUT2D eigenvalue weighted by atomic mass is 35.5. The molecule has 0 fully saturated rings. The molecule has 0 aromatic heterocycles. The average molecular weight is 302 g/mol. The summed E-state index contributed by atoms with van der Waals surface area (Å²) in [4.78, 5) is 0. The number of fused-ring (bicyclic) bond motifs is 1. The fourth-order valence-electron chi connectivity index (χ4n) is 2.99. The lowest BCUT2D eigenvalue weighted by Gasteiger charge is -2.18. The van der Waals surface area contributed by atoms with Crippen LogP contribution in [0.15, 0.2) is 42.5 Å². The van der Waals surface area contributed by atoms with Crippen molar-refractivity contribution in [2.75, 3.05) is 7.05 Å². The number of benzene rings is 2. The summed E-state index contributed by atoms with van der Waals surface area (Å²) in [5.41, 5.74) is 3.64. The van der Waals surface area contributed by atoms with Crippen LogP contribution < -0.4 is 10.1 Å². The molecule has 1 aliphatic rings. The van der Waals surface area contributed by atoms with Crippen LogP contribution in [0.3, 0.4) is 0 Å². The monoisotopic (exact) mass is 301 g/mol. The van der Waals surface area contributed by atoms with Crippen LogP contribution >= 0.6 is 11.6 Å². The van der Waals surface area contributed by atoms with E-state index in [1.54, 1.807) is 0 Å². The molecule has 0 aliphatic carbocycles. The summed E-state index contributed by atoms with van der Waals surface area (Å²) >= 11 is 5.98. The highest BCUT2D eigenvalue weighted by molar-refractivity contribution is 6.30. The van der Waals surface area contributed by atoms with Gasteiger partial charge in [-0.2, -0.15) is 0 Å². The third-order valence-electron chi connectivity index (χ3n) is 3.91. The van der Waals surface area contributed by atoms with Crippen LogP contribution in [0.5, 0.6) is 5.75 Å². The van der Waals surface area contributed by atoms with E-state index in [2.05, 4.69) is 49.5 Å². The standard InChI is InChI=1S/C18H20ClNO/c1-18(2)11-14-10-13(6-9-16(14)21-18)17(20-3)12-4-7-15(19)8-5-12/h4-10,17,20H,11H2,1-3H3. The molecule has 0 saturated carbocycles. The molecular weight excluding hydrogens is 282 g/mol. The van der Waals surface area contributed by atoms with E-state index in [1.165, 1.54) is 16.7 Å². The van der Waals surface area contributed by atoms with Crippen molar-refractivity contribution in [3.05, 3.63) is 64.2 Å². The van der Waals surface area contributed by atoms with Crippen LogP contribution in [0.1, 0.15) is 36.6 Å². The summed E-state index contributed by atoms with van der Waals surface area (Å²) in [6.45, 7) is 4.25. The van der Waals surface area contributed by atoms with E-state index in [1.807, 2.05) is 19.2 Å². The van der Waals surface area contributed by atoms with Crippen LogP contribution in [-0.2, 0) is 6.42 Å². The van der Waals surface area contributed by atoms with E-state index in [0.717, 1.165) is 17.2 Å². The highest BCUT2D eigenvalue weighted by Crippen LogP contribution is 2.37. The Morgan fingerprint density at radius 1 is 1.10 bits per heavy atom. The fraction of sp³-hybridized carbons (Fsp3) is 0.333. The molecule has 2 aromatic rings. The lowest BCUT2D eigenvalue weighted by Crippen LogP contribution is -2.24. The number of hydrogen-bond acceptors (Lipinski definition) is 2. The molecule has 1 unspecified atom stereocenters. The van der Waals surface area contributed by atoms with Gasteiger partial charge in [0.25, 0.3) is 0 Å². The zero-order valence-corrected chi connectivity index (χ0v) is 13.4. The summed E-state index contributed by atoms with van der Waals surface area (Å²) in [6, 6.07) is 14.6. The van der Waals surface area contributed by atoms with Crippen molar-refractivity contribution >= 4 is 11.6 Å². The number of rotatable bonds is 3. The molecule has 3 rings (SSSR count). The second kappa shape index (κ2) is 5.36. The zero-order valence-electron chi connectivity index (χ0n) is 12.6. The Morgan fingerprint density at radius 2 is 1.76 bits per heavy atom. The van der Waals surface area contributed by atoms with Gasteiger partial charge in [0.05, 0.1) is 6.04 Å². The van der Waals surface area contributed by atoms with Gasteiger partial charge in [0.15, 0.2) is 0 Å². The van der Waals surface area contributed by atoms with Gasteiger partial charge in [-0.05, 0) is 55.8 Å². The summed E-state index contributed by atoms with van der Waals surface area (Å²) < 4.78 is 5.95. The molecule has 0 radical (unpaired) electrons. The molecular formula is C18H20ClNO. The van der Waals surface area contributed by atoms with Crippen molar-refractivity contribution in [3.8, 4) is 5.75 Å². The first-order chi connectivity index (χ1) is 9.98. The summed E-state index contributed by atoms with van der Waals surface area (Å²) in [5, 5.41) is 4.14. The number of ether oxygens (including phenoxy) is 1. The highest BCUT2D eigenvalue weighted by Gasteiger charge is 2.30. The van der Waals surface area contributed by atoms with Crippen LogP contribution in [0, 0.1) is 0 Å². The van der Waals surface area contributed by atoms with Crippen molar-refractivity contribution in [1.29, 1.82) is 0 Å². The quantitative estimate of drug-likeness (QED) is 0.909. The molecule has 110 valence electrons. The molecule has 2 nitrogen and oxygen atoms in total. The molecule has 0 bridgehead atoms. The van der Waals surface area contributed by atoms with Gasteiger partial charge < -0.3 is 10.1 Å². The SMILES string of the molecule is CNC(c1ccc(Cl)cc1)c1ccc2c(c1)CC(C)(C)O2. The maximum absolute atomic E-state index is 5.98. The Labute approximate surface area is 131 Å². The first-order valence-corrected chi connectivity index (χ1v) is 7.61. The second-order valence-electron chi connectivity index (χ2n) is 6.18. The minimum Gasteiger partial charge on any atom is -0.487 e. The minimum absolute atomic E-state index is 0.101. The molecule has 0 amide bonds. The van der Waals surface area contributed by atoms with Crippen molar-refractivity contribution in [3.63, 3.8) is 0 Å². The Kier molecular flexibility index (Phi) is 3.68. The molecule has 0 spiro atoms. The molecule has 2 aromatic carbocycles. The first-order valence-electron chi connectivity index (χ1n) is 7.23. The molecule has 1 N–H and O–H groups in total. The summed E-state index contributed by atoms with van der Waals surface area (Å²) in [5.74, 6) is 1.01.